The first-order valence-electron chi connectivity index (χ1n) is 10.9. The number of hydrogen-bond donors (Lipinski definition) is 1. The van der Waals surface area contributed by atoms with Gasteiger partial charge in [-0.25, -0.2) is 0 Å². The van der Waals surface area contributed by atoms with Crippen LogP contribution in [0.2, 0.25) is 0 Å². The molecule has 0 spiro atoms. The average molecular weight is 434 g/mol. The summed E-state index contributed by atoms with van der Waals surface area (Å²) in [5.74, 6) is 0.386. The Hall–Kier alpha value is -4.05. The molecular formula is C29H25N2O2. The normalized spacial score (nSPS) is 11.2. The predicted molar refractivity (Wildman–Crippen MR) is 134 cm³/mol. The quantitative estimate of drug-likeness (QED) is 0.368. The highest BCUT2D eigenvalue weighted by Gasteiger charge is 2.17. The molecule has 0 saturated heterocycles. The topological polar surface area (TPSA) is 57.2 Å². The molecule has 0 unspecified atom stereocenters. The lowest BCUT2D eigenvalue weighted by atomic mass is 10.0. The van der Waals surface area contributed by atoms with Gasteiger partial charge in [-0.15, -0.1) is 0 Å². The van der Waals surface area contributed by atoms with Crippen molar-refractivity contribution in [2.45, 2.75) is 20.4 Å². The fraction of sp³-hybridized carbons (Fsp3) is 0.138. The van der Waals surface area contributed by atoms with Crippen molar-refractivity contribution >= 4 is 27.7 Å². The third-order valence-corrected chi connectivity index (χ3v) is 6.40. The highest BCUT2D eigenvalue weighted by atomic mass is 16.5. The number of benzene rings is 4. The van der Waals surface area contributed by atoms with Crippen molar-refractivity contribution in [1.82, 2.24) is 4.57 Å². The fourth-order valence-electron chi connectivity index (χ4n) is 4.47. The van der Waals surface area contributed by atoms with Crippen molar-refractivity contribution in [3.8, 4) is 16.9 Å². The largest absolute Gasteiger partial charge is 0.497 e. The van der Waals surface area contributed by atoms with Crippen LogP contribution in [0.15, 0.2) is 72.8 Å². The maximum atomic E-state index is 12.2. The number of nitrogens with two attached hydrogens (primary N) is 1. The van der Waals surface area contributed by atoms with Gasteiger partial charge < -0.3 is 15.0 Å². The van der Waals surface area contributed by atoms with Crippen LogP contribution in [0.3, 0.4) is 0 Å². The molecule has 1 amide bonds. The molecule has 0 atom stereocenters. The summed E-state index contributed by atoms with van der Waals surface area (Å²) in [5, 5.41) is 1.76. The van der Waals surface area contributed by atoms with E-state index in [1.807, 2.05) is 42.5 Å². The molecule has 1 radical (unpaired) electrons. The summed E-state index contributed by atoms with van der Waals surface area (Å²) >= 11 is 0. The first-order valence-corrected chi connectivity index (χ1v) is 10.9. The molecule has 33 heavy (non-hydrogen) atoms. The van der Waals surface area contributed by atoms with Crippen molar-refractivity contribution in [1.29, 1.82) is 0 Å². The smallest absolute Gasteiger partial charge is 0.249 e. The molecule has 0 aliphatic rings. The van der Waals surface area contributed by atoms with Gasteiger partial charge in [0.1, 0.15) is 5.75 Å². The van der Waals surface area contributed by atoms with E-state index in [0.717, 1.165) is 38.7 Å². The number of carbonyl (C=O) groups excluding carboxylic acids is 1. The average Bonchev–Trinajstić information content (AvgIpc) is 3.14. The Bertz CT molecular complexity index is 1510. The molecule has 163 valence electrons. The summed E-state index contributed by atoms with van der Waals surface area (Å²) in [4.78, 5) is 12.2. The molecule has 2 N–H and O–H groups in total. The monoisotopic (exact) mass is 433 g/mol. The van der Waals surface area contributed by atoms with E-state index < -0.39 is 5.91 Å². The predicted octanol–water partition coefficient (Wildman–Crippen LogP) is 6.03. The standard InChI is InChI=1S/C29H25N2O2/c1-18-7-8-20(15-19(18)2)17-31-26-6-4-5-25(29(30)32)28(26)24-14-11-22(16-27(24)31)21-9-12-23(33-3)13-10-21/h4-13,15-16H,17H2,1-3H3,(H2,30,32). The molecule has 5 aromatic rings. The molecule has 4 aromatic carbocycles. The number of rotatable bonds is 5. The van der Waals surface area contributed by atoms with E-state index in [2.05, 4.69) is 48.7 Å². The molecule has 1 aromatic heterocycles. The van der Waals surface area contributed by atoms with Crippen LogP contribution in [-0.2, 0) is 6.54 Å². The second kappa shape index (κ2) is 8.14. The second-order valence-electron chi connectivity index (χ2n) is 8.45. The Morgan fingerprint density at radius 2 is 1.73 bits per heavy atom. The van der Waals surface area contributed by atoms with Crippen LogP contribution < -0.4 is 10.5 Å². The fourth-order valence-corrected chi connectivity index (χ4v) is 4.47. The SMILES string of the molecule is COc1ccc(-c2c[c]c3c4c(C(N)=O)cccc4n(Cc4ccc(C)c(C)c4)c3c2)cc1. The molecule has 0 aliphatic carbocycles. The summed E-state index contributed by atoms with van der Waals surface area (Å²) < 4.78 is 7.55. The minimum absolute atomic E-state index is 0.432. The molecule has 0 aliphatic heterocycles. The number of fused-ring (bicyclic) bond motifs is 3. The van der Waals surface area contributed by atoms with E-state index in [1.165, 1.54) is 16.7 Å². The van der Waals surface area contributed by atoms with E-state index in [0.29, 0.717) is 12.1 Å². The number of aromatic nitrogens is 1. The summed E-state index contributed by atoms with van der Waals surface area (Å²) in [5.41, 5.74) is 14.1. The number of amides is 1. The van der Waals surface area contributed by atoms with Crippen molar-refractivity contribution in [2.24, 2.45) is 5.73 Å². The molecule has 5 rings (SSSR count). The van der Waals surface area contributed by atoms with Gasteiger partial charge in [-0.2, -0.15) is 0 Å². The van der Waals surface area contributed by atoms with Crippen LogP contribution in [0.25, 0.3) is 32.9 Å². The van der Waals surface area contributed by atoms with E-state index in [1.54, 1.807) is 13.2 Å². The van der Waals surface area contributed by atoms with Gasteiger partial charge >= 0.3 is 0 Å². The molecule has 0 saturated carbocycles. The van der Waals surface area contributed by atoms with E-state index in [4.69, 9.17) is 10.5 Å². The van der Waals surface area contributed by atoms with Gasteiger partial charge in [0.15, 0.2) is 0 Å². The van der Waals surface area contributed by atoms with Crippen LogP contribution in [0.1, 0.15) is 27.0 Å². The molecule has 0 fully saturated rings. The first-order chi connectivity index (χ1) is 16.0. The highest BCUT2D eigenvalue weighted by Crippen LogP contribution is 2.35. The van der Waals surface area contributed by atoms with Gasteiger partial charge in [-0.1, -0.05) is 36.4 Å². The Labute approximate surface area is 193 Å². The second-order valence-corrected chi connectivity index (χ2v) is 8.45. The lowest BCUT2D eigenvalue weighted by Gasteiger charge is -2.11. The number of hydrogen-bond acceptors (Lipinski definition) is 2. The maximum absolute atomic E-state index is 12.2. The zero-order valence-corrected chi connectivity index (χ0v) is 19.0. The lowest BCUT2D eigenvalue weighted by Crippen LogP contribution is -2.11. The third kappa shape index (κ3) is 3.64. The Morgan fingerprint density at radius 1 is 0.939 bits per heavy atom. The van der Waals surface area contributed by atoms with Crippen molar-refractivity contribution in [3.05, 3.63) is 101 Å². The molecule has 1 heterocycles. The zero-order chi connectivity index (χ0) is 23.1. The first kappa shape index (κ1) is 20.8. The molecule has 4 heteroatoms. The molecular weight excluding hydrogens is 408 g/mol. The van der Waals surface area contributed by atoms with E-state index in [9.17, 15) is 4.79 Å². The van der Waals surface area contributed by atoms with Crippen molar-refractivity contribution in [2.75, 3.05) is 7.11 Å². The number of methoxy groups -OCH3 is 1. The third-order valence-electron chi connectivity index (χ3n) is 6.40. The Balaban J connectivity index is 1.76. The van der Waals surface area contributed by atoms with E-state index >= 15 is 0 Å². The summed E-state index contributed by atoms with van der Waals surface area (Å²) in [6.45, 7) is 4.93. The minimum Gasteiger partial charge on any atom is -0.497 e. The zero-order valence-electron chi connectivity index (χ0n) is 19.0. The number of ether oxygens (including phenoxy) is 1. The van der Waals surface area contributed by atoms with E-state index in [-0.39, 0.29) is 0 Å². The van der Waals surface area contributed by atoms with Gasteiger partial charge in [-0.05, 0) is 84.1 Å². The van der Waals surface area contributed by atoms with Crippen LogP contribution in [-0.4, -0.2) is 17.6 Å². The van der Waals surface area contributed by atoms with Gasteiger partial charge in [0.2, 0.25) is 5.91 Å². The molecule has 0 bridgehead atoms. The number of aryl methyl sites for hydroxylation is 2. The molecule has 4 nitrogen and oxygen atoms in total. The summed E-state index contributed by atoms with van der Waals surface area (Å²) in [6.07, 6.45) is 0. The van der Waals surface area contributed by atoms with Crippen LogP contribution >= 0.6 is 0 Å². The van der Waals surface area contributed by atoms with Gasteiger partial charge in [0.25, 0.3) is 0 Å². The van der Waals surface area contributed by atoms with Crippen LogP contribution in [0, 0.1) is 19.9 Å². The minimum atomic E-state index is -0.432. The number of nitrogens with zero attached hydrogens (tertiary/aromatic N) is 1. The number of primary amides is 1. The lowest BCUT2D eigenvalue weighted by molar-refractivity contribution is 0.100. The summed E-state index contributed by atoms with van der Waals surface area (Å²) in [6, 6.07) is 27.8. The van der Waals surface area contributed by atoms with Crippen LogP contribution in [0.4, 0.5) is 0 Å². The van der Waals surface area contributed by atoms with Crippen LogP contribution in [0.5, 0.6) is 5.75 Å². The number of carbonyl (C=O) groups is 1. The Morgan fingerprint density at radius 3 is 2.42 bits per heavy atom. The summed E-state index contributed by atoms with van der Waals surface area (Å²) in [7, 11) is 1.66. The maximum Gasteiger partial charge on any atom is 0.249 e. The van der Waals surface area contributed by atoms with Crippen molar-refractivity contribution in [3.63, 3.8) is 0 Å². The van der Waals surface area contributed by atoms with Gasteiger partial charge in [0, 0.05) is 22.9 Å². The highest BCUT2D eigenvalue weighted by molar-refractivity contribution is 6.18. The van der Waals surface area contributed by atoms with Gasteiger partial charge in [0.05, 0.1) is 18.1 Å². The van der Waals surface area contributed by atoms with Gasteiger partial charge in [-0.3, -0.25) is 4.79 Å². The Kier molecular flexibility index (Phi) is 5.14. The van der Waals surface area contributed by atoms with Crippen molar-refractivity contribution < 1.29 is 9.53 Å².